The van der Waals surface area contributed by atoms with E-state index >= 15 is 0 Å². The molecule has 2 heteroatoms. The van der Waals surface area contributed by atoms with Crippen molar-refractivity contribution in [3.8, 4) is 78.4 Å². The van der Waals surface area contributed by atoms with Crippen LogP contribution in [-0.4, -0.2) is 9.97 Å². The van der Waals surface area contributed by atoms with Gasteiger partial charge in [-0.05, 0) is 108 Å². The van der Waals surface area contributed by atoms with Crippen molar-refractivity contribution < 1.29 is 0 Å². The number of aromatic nitrogens is 2. The zero-order chi connectivity index (χ0) is 39.5. The number of rotatable bonds is 6. The topological polar surface area (TPSA) is 25.8 Å². The molecular formula is C57H40N2. The summed E-state index contributed by atoms with van der Waals surface area (Å²) in [5.74, 6) is 0.704. The zero-order valence-corrected chi connectivity index (χ0v) is 33.0. The minimum atomic E-state index is -0.179. The first kappa shape index (κ1) is 34.8. The Balaban J connectivity index is 1.08. The van der Waals surface area contributed by atoms with Crippen molar-refractivity contribution in [3.05, 3.63) is 217 Å². The zero-order valence-electron chi connectivity index (χ0n) is 33.0. The van der Waals surface area contributed by atoms with Gasteiger partial charge in [-0.1, -0.05) is 190 Å². The molecule has 0 bridgehead atoms. The summed E-state index contributed by atoms with van der Waals surface area (Å²) >= 11 is 0. The highest BCUT2D eigenvalue weighted by Crippen LogP contribution is 2.54. The minimum absolute atomic E-state index is 0.179. The molecule has 0 aliphatic heterocycles. The maximum atomic E-state index is 5.38. The average Bonchev–Trinajstić information content (AvgIpc) is 3.53. The second kappa shape index (κ2) is 13.9. The molecule has 0 N–H and O–H groups in total. The Morgan fingerprint density at radius 1 is 0.322 bits per heavy atom. The van der Waals surface area contributed by atoms with Gasteiger partial charge < -0.3 is 0 Å². The van der Waals surface area contributed by atoms with Gasteiger partial charge in [-0.15, -0.1) is 0 Å². The van der Waals surface area contributed by atoms with E-state index in [4.69, 9.17) is 9.97 Å². The molecule has 1 aliphatic rings. The Bertz CT molecular complexity index is 3220. The molecule has 0 unspecified atom stereocenters. The van der Waals surface area contributed by atoms with Gasteiger partial charge in [0, 0.05) is 22.1 Å². The maximum absolute atomic E-state index is 5.38. The lowest BCUT2D eigenvalue weighted by Crippen LogP contribution is -2.16. The summed E-state index contributed by atoms with van der Waals surface area (Å²) < 4.78 is 0. The Kier molecular flexibility index (Phi) is 8.20. The Morgan fingerprint density at radius 2 is 0.814 bits per heavy atom. The fraction of sp³-hybridized carbons (Fsp3) is 0.0526. The van der Waals surface area contributed by atoms with E-state index in [1.54, 1.807) is 0 Å². The lowest BCUT2D eigenvalue weighted by molar-refractivity contribution is 0.663. The number of fused-ring (bicyclic) bond motifs is 5. The summed E-state index contributed by atoms with van der Waals surface area (Å²) in [5, 5.41) is 4.87. The van der Waals surface area contributed by atoms with Gasteiger partial charge >= 0.3 is 0 Å². The van der Waals surface area contributed by atoms with Crippen LogP contribution in [0, 0.1) is 0 Å². The summed E-state index contributed by atoms with van der Waals surface area (Å²) in [6, 6.07) is 74.2. The normalized spacial score (nSPS) is 12.7. The highest BCUT2D eigenvalue weighted by molar-refractivity contribution is 6.06. The standard InChI is InChI=1S/C57H40N2/c1-57(2)52-35-43-20-10-9-19-42(43)34-51(52)49-26-14-25-48(55(49)57)47-31-32-50(46-24-12-11-23-45(46)47)56-58-53(40-29-27-39(28-30-40)37-15-5-3-6-16-37)36-54(59-56)44-22-13-21-41(33-44)38-17-7-4-8-18-38/h3-36H,1-2H3. The first-order chi connectivity index (χ1) is 29.0. The monoisotopic (exact) mass is 752 g/mol. The van der Waals surface area contributed by atoms with E-state index in [9.17, 15) is 0 Å². The van der Waals surface area contributed by atoms with E-state index in [0.29, 0.717) is 5.82 Å². The van der Waals surface area contributed by atoms with E-state index in [2.05, 4.69) is 220 Å². The van der Waals surface area contributed by atoms with Gasteiger partial charge in [-0.2, -0.15) is 0 Å². The van der Waals surface area contributed by atoms with Crippen molar-refractivity contribution in [2.45, 2.75) is 19.3 Å². The molecule has 2 nitrogen and oxygen atoms in total. The van der Waals surface area contributed by atoms with Crippen LogP contribution in [0.25, 0.3) is 100.0 Å². The SMILES string of the molecule is CC1(C)c2cc3ccccc3cc2-c2cccc(-c3ccc(-c4nc(-c5ccc(-c6ccccc6)cc5)cc(-c5cccc(-c6ccccc6)c5)n4)c4ccccc34)c21. The van der Waals surface area contributed by atoms with Gasteiger partial charge in [-0.3, -0.25) is 0 Å². The average molecular weight is 753 g/mol. The molecule has 1 heterocycles. The summed E-state index contributed by atoms with van der Waals surface area (Å²) in [7, 11) is 0. The Hall–Kier alpha value is -7.42. The Morgan fingerprint density at radius 3 is 1.53 bits per heavy atom. The minimum Gasteiger partial charge on any atom is -0.228 e. The molecule has 0 atom stereocenters. The molecular weight excluding hydrogens is 713 g/mol. The van der Waals surface area contributed by atoms with Crippen LogP contribution in [0.4, 0.5) is 0 Å². The van der Waals surface area contributed by atoms with Crippen molar-refractivity contribution in [2.75, 3.05) is 0 Å². The smallest absolute Gasteiger partial charge is 0.161 e. The van der Waals surface area contributed by atoms with Crippen LogP contribution in [0.15, 0.2) is 206 Å². The molecule has 9 aromatic carbocycles. The van der Waals surface area contributed by atoms with Gasteiger partial charge in [0.1, 0.15) is 0 Å². The van der Waals surface area contributed by atoms with Crippen molar-refractivity contribution in [2.24, 2.45) is 0 Å². The second-order valence-corrected chi connectivity index (χ2v) is 16.2. The van der Waals surface area contributed by atoms with Crippen LogP contribution in [0.3, 0.4) is 0 Å². The van der Waals surface area contributed by atoms with Crippen molar-refractivity contribution in [1.29, 1.82) is 0 Å². The van der Waals surface area contributed by atoms with Crippen LogP contribution in [0.1, 0.15) is 25.0 Å². The second-order valence-electron chi connectivity index (χ2n) is 16.2. The molecule has 0 radical (unpaired) electrons. The Labute approximate surface area is 345 Å². The van der Waals surface area contributed by atoms with Gasteiger partial charge in [0.25, 0.3) is 0 Å². The van der Waals surface area contributed by atoms with Gasteiger partial charge in [0.2, 0.25) is 0 Å². The third-order valence-corrected chi connectivity index (χ3v) is 12.3. The largest absolute Gasteiger partial charge is 0.228 e. The van der Waals surface area contributed by atoms with Crippen molar-refractivity contribution in [1.82, 2.24) is 9.97 Å². The summed E-state index contributed by atoms with van der Waals surface area (Å²) in [4.78, 5) is 10.7. The molecule has 0 spiro atoms. The van der Waals surface area contributed by atoms with Crippen LogP contribution in [-0.2, 0) is 5.41 Å². The van der Waals surface area contributed by atoms with E-state index in [1.807, 2.05) is 0 Å². The van der Waals surface area contributed by atoms with Crippen LogP contribution in [0.2, 0.25) is 0 Å². The molecule has 278 valence electrons. The van der Waals surface area contributed by atoms with E-state index in [1.165, 1.54) is 66.2 Å². The molecule has 1 aromatic heterocycles. The first-order valence-corrected chi connectivity index (χ1v) is 20.4. The summed E-state index contributed by atoms with van der Waals surface area (Å²) in [6.45, 7) is 4.76. The van der Waals surface area contributed by atoms with Crippen LogP contribution in [0.5, 0.6) is 0 Å². The fourth-order valence-electron chi connectivity index (χ4n) is 9.33. The highest BCUT2D eigenvalue weighted by Gasteiger charge is 2.38. The van der Waals surface area contributed by atoms with Gasteiger partial charge in [0.15, 0.2) is 5.82 Å². The predicted octanol–water partition coefficient (Wildman–Crippen LogP) is 15.1. The number of hydrogen-bond donors (Lipinski definition) is 0. The van der Waals surface area contributed by atoms with Crippen LogP contribution >= 0.6 is 0 Å². The molecule has 10 aromatic rings. The molecule has 0 saturated heterocycles. The van der Waals surface area contributed by atoms with Crippen molar-refractivity contribution in [3.63, 3.8) is 0 Å². The quantitative estimate of drug-likeness (QED) is 0.169. The van der Waals surface area contributed by atoms with Gasteiger partial charge in [0.05, 0.1) is 11.4 Å². The van der Waals surface area contributed by atoms with Crippen LogP contribution < -0.4 is 0 Å². The molecule has 1 aliphatic carbocycles. The molecule has 11 rings (SSSR count). The number of nitrogens with zero attached hydrogens (tertiary/aromatic N) is 2. The number of hydrogen-bond acceptors (Lipinski definition) is 2. The molecule has 0 amide bonds. The third kappa shape index (κ3) is 5.96. The lowest BCUT2D eigenvalue weighted by atomic mass is 9.78. The van der Waals surface area contributed by atoms with Crippen molar-refractivity contribution >= 4 is 21.5 Å². The maximum Gasteiger partial charge on any atom is 0.161 e. The highest BCUT2D eigenvalue weighted by atomic mass is 14.9. The van der Waals surface area contributed by atoms with E-state index in [0.717, 1.165) is 39.0 Å². The first-order valence-electron chi connectivity index (χ1n) is 20.4. The molecule has 0 saturated carbocycles. The van der Waals surface area contributed by atoms with Gasteiger partial charge in [-0.25, -0.2) is 9.97 Å². The molecule has 59 heavy (non-hydrogen) atoms. The number of benzene rings is 9. The van der Waals surface area contributed by atoms with E-state index in [-0.39, 0.29) is 5.41 Å². The summed E-state index contributed by atoms with van der Waals surface area (Å²) in [6.07, 6.45) is 0. The summed E-state index contributed by atoms with van der Waals surface area (Å²) in [5.41, 5.74) is 17.3. The molecule has 0 fully saturated rings. The predicted molar refractivity (Wildman–Crippen MR) is 247 cm³/mol. The lowest BCUT2D eigenvalue weighted by Gasteiger charge is -2.25. The van der Waals surface area contributed by atoms with E-state index < -0.39 is 0 Å². The third-order valence-electron chi connectivity index (χ3n) is 12.3. The fourth-order valence-corrected chi connectivity index (χ4v) is 9.33.